The number of hydrogen-bond donors (Lipinski definition) is 1. The van der Waals surface area contributed by atoms with Gasteiger partial charge >= 0.3 is 0 Å². The molecule has 0 atom stereocenters. The largest absolute Gasteiger partial charge is 0.291 e. The van der Waals surface area contributed by atoms with E-state index in [-0.39, 0.29) is 5.56 Å². The Hall–Kier alpha value is -3.58. The lowest BCUT2D eigenvalue weighted by Crippen LogP contribution is -2.23. The van der Waals surface area contributed by atoms with E-state index in [4.69, 9.17) is 0 Å². The summed E-state index contributed by atoms with van der Waals surface area (Å²) in [6, 6.07) is 19.9. The molecule has 5 aromatic rings. The lowest BCUT2D eigenvalue weighted by Gasteiger charge is -1.98. The van der Waals surface area contributed by atoms with Crippen molar-refractivity contribution in [1.82, 2.24) is 24.8 Å². The SMILES string of the molecule is O=c1c(=Cc2cn[nH]c2-c2ccccc2)sc2nc(Cc3ccccc3)nn12. The van der Waals surface area contributed by atoms with E-state index in [0.717, 1.165) is 22.4 Å². The number of thiazole rings is 1. The maximum atomic E-state index is 12.8. The van der Waals surface area contributed by atoms with Crippen molar-refractivity contribution >= 4 is 22.4 Å². The summed E-state index contributed by atoms with van der Waals surface area (Å²) in [5.74, 6) is 0.648. The average molecular weight is 385 g/mol. The molecule has 136 valence electrons. The van der Waals surface area contributed by atoms with Crippen molar-refractivity contribution < 1.29 is 0 Å². The normalized spacial score (nSPS) is 12.1. The highest BCUT2D eigenvalue weighted by molar-refractivity contribution is 7.15. The molecule has 7 heteroatoms. The van der Waals surface area contributed by atoms with E-state index in [2.05, 4.69) is 20.3 Å². The fraction of sp³-hybridized carbons (Fsp3) is 0.0476. The summed E-state index contributed by atoms with van der Waals surface area (Å²) in [7, 11) is 0. The first-order valence-electron chi connectivity index (χ1n) is 8.81. The van der Waals surface area contributed by atoms with Crippen LogP contribution in [0, 0.1) is 0 Å². The van der Waals surface area contributed by atoms with Crippen molar-refractivity contribution in [2.24, 2.45) is 0 Å². The van der Waals surface area contributed by atoms with Crippen LogP contribution in [-0.4, -0.2) is 24.8 Å². The maximum Gasteiger partial charge on any atom is 0.291 e. The highest BCUT2D eigenvalue weighted by atomic mass is 32.1. The Balaban J connectivity index is 1.53. The van der Waals surface area contributed by atoms with Crippen LogP contribution in [0.1, 0.15) is 17.0 Å². The molecular formula is C21H15N5OS. The molecule has 0 unspecified atom stereocenters. The molecule has 0 saturated heterocycles. The van der Waals surface area contributed by atoms with Gasteiger partial charge in [0.15, 0.2) is 5.82 Å². The van der Waals surface area contributed by atoms with Crippen LogP contribution >= 0.6 is 11.3 Å². The number of hydrogen-bond acceptors (Lipinski definition) is 5. The second-order valence-corrected chi connectivity index (χ2v) is 7.38. The van der Waals surface area contributed by atoms with Crippen LogP contribution in [-0.2, 0) is 6.42 Å². The minimum absolute atomic E-state index is 0.160. The quantitative estimate of drug-likeness (QED) is 0.516. The average Bonchev–Trinajstić information content (AvgIpc) is 3.41. The molecule has 3 heterocycles. The van der Waals surface area contributed by atoms with Crippen molar-refractivity contribution in [1.29, 1.82) is 0 Å². The van der Waals surface area contributed by atoms with Gasteiger partial charge in [-0.1, -0.05) is 72.0 Å². The number of rotatable bonds is 4. The van der Waals surface area contributed by atoms with Crippen molar-refractivity contribution in [3.05, 3.63) is 98.7 Å². The molecule has 1 N–H and O–H groups in total. The minimum Gasteiger partial charge on any atom is -0.277 e. The number of fused-ring (bicyclic) bond motifs is 1. The van der Waals surface area contributed by atoms with Crippen molar-refractivity contribution in [3.8, 4) is 11.3 Å². The zero-order valence-electron chi connectivity index (χ0n) is 14.7. The fourth-order valence-corrected chi connectivity index (χ4v) is 4.03. The Labute approximate surface area is 163 Å². The van der Waals surface area contributed by atoms with Crippen LogP contribution in [0.2, 0.25) is 0 Å². The third kappa shape index (κ3) is 3.01. The Morgan fingerprint density at radius 2 is 1.79 bits per heavy atom. The molecule has 0 aliphatic heterocycles. The van der Waals surface area contributed by atoms with E-state index in [1.54, 1.807) is 6.20 Å². The van der Waals surface area contributed by atoms with Gasteiger partial charge in [0.25, 0.3) is 5.56 Å². The smallest absolute Gasteiger partial charge is 0.277 e. The van der Waals surface area contributed by atoms with Gasteiger partial charge in [0.05, 0.1) is 16.4 Å². The summed E-state index contributed by atoms with van der Waals surface area (Å²) in [6.45, 7) is 0. The minimum atomic E-state index is -0.160. The number of aromatic nitrogens is 5. The predicted octanol–water partition coefficient (Wildman–Crippen LogP) is 2.68. The molecule has 6 nitrogen and oxygen atoms in total. The second kappa shape index (κ2) is 6.86. The molecule has 3 aromatic heterocycles. The number of aromatic amines is 1. The van der Waals surface area contributed by atoms with Gasteiger partial charge in [-0.05, 0) is 11.6 Å². The maximum absolute atomic E-state index is 12.8. The van der Waals surface area contributed by atoms with Crippen molar-refractivity contribution in [2.45, 2.75) is 6.42 Å². The summed E-state index contributed by atoms with van der Waals surface area (Å²) in [5, 5.41) is 11.5. The van der Waals surface area contributed by atoms with Gasteiger partial charge < -0.3 is 0 Å². The third-order valence-corrected chi connectivity index (χ3v) is 5.41. The molecule has 0 spiro atoms. The van der Waals surface area contributed by atoms with Gasteiger partial charge in [-0.3, -0.25) is 9.89 Å². The number of nitrogens with one attached hydrogen (secondary N) is 1. The summed E-state index contributed by atoms with van der Waals surface area (Å²) in [6.07, 6.45) is 4.16. The molecule has 0 aliphatic carbocycles. The Kier molecular flexibility index (Phi) is 4.06. The molecule has 0 radical (unpaired) electrons. The van der Waals surface area contributed by atoms with Crippen molar-refractivity contribution in [3.63, 3.8) is 0 Å². The summed E-state index contributed by atoms with van der Waals surface area (Å²) in [5.41, 5.74) is 3.71. The third-order valence-electron chi connectivity index (χ3n) is 4.45. The van der Waals surface area contributed by atoms with Crippen LogP contribution in [0.4, 0.5) is 0 Å². The molecule has 0 amide bonds. The number of benzene rings is 2. The molecule has 5 rings (SSSR count). The molecular weight excluding hydrogens is 370 g/mol. The van der Waals surface area contributed by atoms with Crippen molar-refractivity contribution in [2.75, 3.05) is 0 Å². The number of H-pyrrole nitrogens is 1. The molecule has 0 saturated carbocycles. The summed E-state index contributed by atoms with van der Waals surface area (Å²) < 4.78 is 1.97. The standard InChI is InChI=1S/C21H15N5OS/c27-20-17(12-16-13-22-24-19(16)15-9-5-2-6-10-15)28-21-23-18(25-26(20)21)11-14-7-3-1-4-8-14/h1-10,12-13H,11H2,(H,22,24). The Bertz CT molecular complexity index is 1350. The zero-order chi connectivity index (χ0) is 18.9. The first kappa shape index (κ1) is 16.6. The topological polar surface area (TPSA) is 75.9 Å². The first-order valence-corrected chi connectivity index (χ1v) is 9.62. The van der Waals surface area contributed by atoms with E-state index in [0.29, 0.717) is 21.7 Å². The summed E-state index contributed by atoms with van der Waals surface area (Å²) in [4.78, 5) is 17.9. The lowest BCUT2D eigenvalue weighted by atomic mass is 10.1. The first-order chi connectivity index (χ1) is 13.8. The van der Waals surface area contributed by atoms with Gasteiger partial charge in [-0.15, -0.1) is 5.10 Å². The van der Waals surface area contributed by atoms with Gasteiger partial charge in [-0.2, -0.15) is 9.61 Å². The van der Waals surface area contributed by atoms with E-state index in [9.17, 15) is 4.79 Å². The predicted molar refractivity (Wildman–Crippen MR) is 109 cm³/mol. The van der Waals surface area contributed by atoms with Crippen LogP contribution in [0.15, 0.2) is 71.7 Å². The van der Waals surface area contributed by atoms with Gasteiger partial charge in [0.1, 0.15) is 0 Å². The highest BCUT2D eigenvalue weighted by Crippen LogP contribution is 2.21. The lowest BCUT2D eigenvalue weighted by molar-refractivity contribution is 0.879. The van der Waals surface area contributed by atoms with Crippen LogP contribution in [0.5, 0.6) is 0 Å². The van der Waals surface area contributed by atoms with Gasteiger partial charge in [0, 0.05) is 17.5 Å². The zero-order valence-corrected chi connectivity index (χ0v) is 15.6. The monoisotopic (exact) mass is 385 g/mol. The van der Waals surface area contributed by atoms with Crippen LogP contribution in [0.3, 0.4) is 0 Å². The summed E-state index contributed by atoms with van der Waals surface area (Å²) >= 11 is 1.34. The van der Waals surface area contributed by atoms with Crippen LogP contribution in [0.25, 0.3) is 22.3 Å². The fourth-order valence-electron chi connectivity index (χ4n) is 3.11. The van der Waals surface area contributed by atoms with Gasteiger partial charge in [-0.25, -0.2) is 4.98 Å². The molecule has 0 aliphatic rings. The molecule has 0 bridgehead atoms. The van der Waals surface area contributed by atoms with Gasteiger partial charge in [0.2, 0.25) is 4.96 Å². The molecule has 28 heavy (non-hydrogen) atoms. The van der Waals surface area contributed by atoms with Crippen LogP contribution < -0.4 is 10.1 Å². The van der Waals surface area contributed by atoms with E-state index >= 15 is 0 Å². The Morgan fingerprint density at radius 3 is 2.54 bits per heavy atom. The molecule has 0 fully saturated rings. The van der Waals surface area contributed by atoms with E-state index in [1.807, 2.05) is 66.7 Å². The second-order valence-electron chi connectivity index (χ2n) is 6.37. The van der Waals surface area contributed by atoms with E-state index < -0.39 is 0 Å². The number of nitrogens with zero attached hydrogens (tertiary/aromatic N) is 4. The highest BCUT2D eigenvalue weighted by Gasteiger charge is 2.12. The molecule has 2 aromatic carbocycles. The Morgan fingerprint density at radius 1 is 1.04 bits per heavy atom. The van der Waals surface area contributed by atoms with E-state index in [1.165, 1.54) is 15.9 Å².